The first-order chi connectivity index (χ1) is 10.8. The molecule has 22 heavy (non-hydrogen) atoms. The SMILES string of the molecule is C=C1CC2(CC2)CSC(c2ccccc2)N1c1ccccc1. The summed E-state index contributed by atoms with van der Waals surface area (Å²) in [6.45, 7) is 4.46. The third-order valence-corrected chi connectivity index (χ3v) is 6.36. The Morgan fingerprint density at radius 3 is 2.23 bits per heavy atom. The Morgan fingerprint density at radius 1 is 0.955 bits per heavy atom. The van der Waals surface area contributed by atoms with Gasteiger partial charge in [0, 0.05) is 17.1 Å². The molecule has 0 bridgehead atoms. The van der Waals surface area contributed by atoms with Gasteiger partial charge in [-0.25, -0.2) is 0 Å². The molecule has 1 spiro atoms. The van der Waals surface area contributed by atoms with Gasteiger partial charge in [0.05, 0.1) is 0 Å². The van der Waals surface area contributed by atoms with Crippen LogP contribution in [0.15, 0.2) is 72.9 Å². The van der Waals surface area contributed by atoms with E-state index in [0.29, 0.717) is 10.8 Å². The fourth-order valence-electron chi connectivity index (χ4n) is 3.33. The van der Waals surface area contributed by atoms with E-state index >= 15 is 0 Å². The summed E-state index contributed by atoms with van der Waals surface area (Å²) in [6.07, 6.45) is 3.87. The second-order valence-electron chi connectivity index (χ2n) is 6.52. The Balaban J connectivity index is 1.76. The highest BCUT2D eigenvalue weighted by Crippen LogP contribution is 2.58. The van der Waals surface area contributed by atoms with Crippen LogP contribution in [0.25, 0.3) is 0 Å². The number of thioether (sulfide) groups is 1. The zero-order chi connectivity index (χ0) is 15.0. The van der Waals surface area contributed by atoms with Gasteiger partial charge in [-0.05, 0) is 42.4 Å². The zero-order valence-corrected chi connectivity index (χ0v) is 13.6. The molecule has 1 atom stereocenters. The molecule has 1 unspecified atom stereocenters. The lowest BCUT2D eigenvalue weighted by Crippen LogP contribution is -2.24. The van der Waals surface area contributed by atoms with Crippen LogP contribution in [0.5, 0.6) is 0 Å². The summed E-state index contributed by atoms with van der Waals surface area (Å²) >= 11 is 2.08. The lowest BCUT2D eigenvalue weighted by Gasteiger charge is -2.33. The van der Waals surface area contributed by atoms with Gasteiger partial charge in [0.15, 0.2) is 0 Å². The van der Waals surface area contributed by atoms with Crippen LogP contribution in [0.1, 0.15) is 30.2 Å². The second kappa shape index (κ2) is 5.51. The van der Waals surface area contributed by atoms with Crippen LogP contribution in [-0.2, 0) is 0 Å². The Kier molecular flexibility index (Phi) is 3.50. The first-order valence-corrected chi connectivity index (χ1v) is 9.01. The van der Waals surface area contributed by atoms with Crippen LogP contribution in [0.4, 0.5) is 5.69 Å². The molecule has 2 aromatic carbocycles. The summed E-state index contributed by atoms with van der Waals surface area (Å²) in [7, 11) is 0. The van der Waals surface area contributed by atoms with Crippen molar-refractivity contribution in [2.45, 2.75) is 24.6 Å². The van der Waals surface area contributed by atoms with E-state index < -0.39 is 0 Å². The van der Waals surface area contributed by atoms with E-state index in [9.17, 15) is 0 Å². The molecule has 0 amide bonds. The normalized spacial score (nSPS) is 23.4. The summed E-state index contributed by atoms with van der Waals surface area (Å²) < 4.78 is 0. The number of hydrogen-bond donors (Lipinski definition) is 0. The maximum Gasteiger partial charge on any atom is 0.105 e. The van der Waals surface area contributed by atoms with E-state index in [0.717, 1.165) is 6.42 Å². The third-order valence-electron chi connectivity index (χ3n) is 4.78. The van der Waals surface area contributed by atoms with Crippen molar-refractivity contribution in [2.75, 3.05) is 10.7 Å². The smallest absolute Gasteiger partial charge is 0.105 e. The number of hydrogen-bond acceptors (Lipinski definition) is 2. The van der Waals surface area contributed by atoms with Gasteiger partial charge < -0.3 is 4.90 Å². The van der Waals surface area contributed by atoms with Gasteiger partial charge in [-0.15, -0.1) is 11.8 Å². The Morgan fingerprint density at radius 2 is 1.59 bits per heavy atom. The number of nitrogens with zero attached hydrogens (tertiary/aromatic N) is 1. The molecule has 0 aromatic heterocycles. The monoisotopic (exact) mass is 307 g/mol. The van der Waals surface area contributed by atoms with Gasteiger partial charge >= 0.3 is 0 Å². The molecule has 0 N–H and O–H groups in total. The molecule has 1 aliphatic carbocycles. The molecule has 2 aliphatic rings. The summed E-state index contributed by atoms with van der Waals surface area (Å²) in [6, 6.07) is 21.6. The maximum absolute atomic E-state index is 4.46. The van der Waals surface area contributed by atoms with Crippen LogP contribution < -0.4 is 4.90 Å². The maximum atomic E-state index is 4.46. The fourth-order valence-corrected chi connectivity index (χ4v) is 5.00. The van der Waals surface area contributed by atoms with Gasteiger partial charge in [0.25, 0.3) is 0 Å². The number of benzene rings is 2. The Bertz CT molecular complexity index is 661. The number of para-hydroxylation sites is 1. The van der Waals surface area contributed by atoms with Crippen molar-refractivity contribution in [3.63, 3.8) is 0 Å². The first kappa shape index (κ1) is 14.0. The van der Waals surface area contributed by atoms with Crippen LogP contribution >= 0.6 is 11.8 Å². The highest BCUT2D eigenvalue weighted by molar-refractivity contribution is 7.99. The molecule has 2 fully saturated rings. The predicted octanol–water partition coefficient (Wildman–Crippen LogP) is 5.62. The average Bonchev–Trinajstić information content (AvgIpc) is 3.34. The van der Waals surface area contributed by atoms with Crippen molar-refractivity contribution < 1.29 is 0 Å². The third kappa shape index (κ3) is 2.56. The molecule has 1 heterocycles. The fraction of sp³-hybridized carbons (Fsp3) is 0.300. The van der Waals surface area contributed by atoms with Crippen LogP contribution in [0, 0.1) is 5.41 Å². The van der Waals surface area contributed by atoms with Crippen LogP contribution in [-0.4, -0.2) is 5.75 Å². The van der Waals surface area contributed by atoms with Crippen LogP contribution in [0.3, 0.4) is 0 Å². The minimum Gasteiger partial charge on any atom is -0.329 e. The van der Waals surface area contributed by atoms with Crippen molar-refractivity contribution in [2.24, 2.45) is 5.41 Å². The van der Waals surface area contributed by atoms with Gasteiger partial charge in [0.1, 0.15) is 5.37 Å². The van der Waals surface area contributed by atoms with Crippen molar-refractivity contribution in [3.8, 4) is 0 Å². The Hall–Kier alpha value is -1.67. The van der Waals surface area contributed by atoms with E-state index in [1.165, 1.54) is 35.5 Å². The standard InChI is InChI=1S/C20H21NS/c1-16-14-20(12-13-20)15-22-19(17-8-4-2-5-9-17)21(16)18-10-6-3-7-11-18/h2-11,19H,1,12-15H2. The summed E-state index contributed by atoms with van der Waals surface area (Å²) in [5.74, 6) is 1.24. The lowest BCUT2D eigenvalue weighted by molar-refractivity contribution is 0.576. The van der Waals surface area contributed by atoms with E-state index in [-0.39, 0.29) is 0 Å². The quantitative estimate of drug-likeness (QED) is 0.708. The minimum absolute atomic E-state index is 0.330. The Labute approximate surface area is 137 Å². The molecule has 1 saturated heterocycles. The summed E-state index contributed by atoms with van der Waals surface area (Å²) in [4.78, 5) is 2.45. The molecule has 2 aromatic rings. The zero-order valence-electron chi connectivity index (χ0n) is 12.7. The molecular formula is C20H21NS. The highest BCUT2D eigenvalue weighted by atomic mass is 32.2. The largest absolute Gasteiger partial charge is 0.329 e. The van der Waals surface area contributed by atoms with Gasteiger partial charge in [-0.3, -0.25) is 0 Å². The predicted molar refractivity (Wildman–Crippen MR) is 96.0 cm³/mol. The summed E-state index contributed by atoms with van der Waals surface area (Å²) in [5, 5.41) is 0.330. The second-order valence-corrected chi connectivity index (χ2v) is 7.59. The molecule has 4 rings (SSSR count). The minimum atomic E-state index is 0.330. The molecule has 1 nitrogen and oxygen atoms in total. The number of rotatable bonds is 2. The summed E-state index contributed by atoms with van der Waals surface area (Å²) in [5.41, 5.74) is 4.42. The molecule has 2 heteroatoms. The molecule has 1 aliphatic heterocycles. The van der Waals surface area contributed by atoms with Crippen molar-refractivity contribution in [3.05, 3.63) is 78.5 Å². The molecular weight excluding hydrogens is 286 g/mol. The van der Waals surface area contributed by atoms with Crippen molar-refractivity contribution >= 4 is 17.4 Å². The van der Waals surface area contributed by atoms with Gasteiger partial charge in [-0.2, -0.15) is 0 Å². The topological polar surface area (TPSA) is 3.24 Å². The number of anilines is 1. The molecule has 112 valence electrons. The highest BCUT2D eigenvalue weighted by Gasteiger charge is 2.46. The van der Waals surface area contributed by atoms with Crippen molar-refractivity contribution in [1.29, 1.82) is 0 Å². The molecule has 1 saturated carbocycles. The van der Waals surface area contributed by atoms with E-state index in [1.54, 1.807) is 0 Å². The van der Waals surface area contributed by atoms with Crippen molar-refractivity contribution in [1.82, 2.24) is 0 Å². The van der Waals surface area contributed by atoms with E-state index in [4.69, 9.17) is 0 Å². The van der Waals surface area contributed by atoms with Crippen LogP contribution in [0.2, 0.25) is 0 Å². The first-order valence-electron chi connectivity index (χ1n) is 7.96. The van der Waals surface area contributed by atoms with Gasteiger partial charge in [0.2, 0.25) is 0 Å². The van der Waals surface area contributed by atoms with E-state index in [2.05, 4.69) is 83.9 Å². The lowest BCUT2D eigenvalue weighted by atomic mass is 10.0. The number of allylic oxidation sites excluding steroid dienone is 1. The average molecular weight is 307 g/mol. The van der Waals surface area contributed by atoms with E-state index in [1.807, 2.05) is 0 Å². The molecule has 0 radical (unpaired) electrons. The van der Waals surface area contributed by atoms with Gasteiger partial charge in [-0.1, -0.05) is 55.1 Å².